The van der Waals surface area contributed by atoms with Gasteiger partial charge in [-0.1, -0.05) is 12.1 Å². The smallest absolute Gasteiger partial charge is 0.259 e. The molecular weight excluding hydrogens is 373 g/mol. The Labute approximate surface area is 158 Å². The quantitative estimate of drug-likeness (QED) is 0.689. The summed E-state index contributed by atoms with van der Waals surface area (Å²) in [5.41, 5.74) is 0.953. The molecule has 0 radical (unpaired) electrons. The van der Waals surface area contributed by atoms with Gasteiger partial charge in [0, 0.05) is 4.88 Å². The van der Waals surface area contributed by atoms with Gasteiger partial charge in [-0.05, 0) is 38.5 Å². The van der Waals surface area contributed by atoms with Crippen molar-refractivity contribution in [1.82, 2.24) is 9.97 Å². The van der Waals surface area contributed by atoms with Gasteiger partial charge in [0.15, 0.2) is 0 Å². The van der Waals surface area contributed by atoms with E-state index in [1.165, 1.54) is 35.2 Å². The molecule has 0 aliphatic carbocycles. The summed E-state index contributed by atoms with van der Waals surface area (Å²) < 4.78 is 13.6. The first kappa shape index (κ1) is 18.6. The molecule has 1 unspecified atom stereocenters. The molecule has 2 aromatic heterocycles. The maximum atomic E-state index is 13.6. The van der Waals surface area contributed by atoms with Crippen LogP contribution in [-0.4, -0.2) is 21.1 Å². The molecule has 0 saturated heterocycles. The number of para-hydroxylation sites is 1. The van der Waals surface area contributed by atoms with Crippen LogP contribution >= 0.6 is 23.1 Å². The second kappa shape index (κ2) is 7.59. The number of aromatic nitrogens is 2. The van der Waals surface area contributed by atoms with Crippen LogP contribution in [0.1, 0.15) is 23.2 Å². The summed E-state index contributed by atoms with van der Waals surface area (Å²) in [6, 6.07) is 6.03. The van der Waals surface area contributed by atoms with Gasteiger partial charge in [-0.2, -0.15) is 0 Å². The molecule has 3 rings (SSSR count). The van der Waals surface area contributed by atoms with E-state index in [-0.39, 0.29) is 17.2 Å². The van der Waals surface area contributed by atoms with Crippen molar-refractivity contribution in [3.63, 3.8) is 0 Å². The Kier molecular flexibility index (Phi) is 5.43. The van der Waals surface area contributed by atoms with Crippen molar-refractivity contribution < 1.29 is 9.18 Å². The molecule has 26 heavy (non-hydrogen) atoms. The fourth-order valence-corrected chi connectivity index (χ4v) is 4.25. The number of fused-ring (bicyclic) bond motifs is 1. The number of thioether (sulfide) groups is 1. The number of H-pyrrole nitrogens is 1. The van der Waals surface area contributed by atoms with Crippen LogP contribution in [0.3, 0.4) is 0 Å². The van der Waals surface area contributed by atoms with E-state index in [1.54, 1.807) is 19.1 Å². The minimum Gasteiger partial charge on any atom is -0.323 e. The first-order valence-electron chi connectivity index (χ1n) is 8.02. The highest BCUT2D eigenvalue weighted by molar-refractivity contribution is 7.99. The standard InChI is InChI=1S/C18H18FN3O2S2/c1-9-10(2)26-18-15(9)17(24)21-14(22-18)8-25-11(3)16(23)20-13-7-5-4-6-12(13)19/h4-7,11H,8H2,1-3H3,(H,20,23)(H,21,22,24). The summed E-state index contributed by atoms with van der Waals surface area (Å²) in [6.07, 6.45) is 0. The minimum atomic E-state index is -0.474. The maximum absolute atomic E-state index is 13.6. The van der Waals surface area contributed by atoms with E-state index in [4.69, 9.17) is 0 Å². The number of nitrogens with one attached hydrogen (secondary N) is 2. The fraction of sp³-hybridized carbons (Fsp3) is 0.278. The zero-order valence-electron chi connectivity index (χ0n) is 14.6. The van der Waals surface area contributed by atoms with E-state index >= 15 is 0 Å². The van der Waals surface area contributed by atoms with E-state index < -0.39 is 11.1 Å². The van der Waals surface area contributed by atoms with Crippen LogP contribution < -0.4 is 10.9 Å². The van der Waals surface area contributed by atoms with Crippen molar-refractivity contribution in [2.75, 3.05) is 5.32 Å². The highest BCUT2D eigenvalue weighted by Gasteiger charge is 2.17. The number of halogens is 1. The van der Waals surface area contributed by atoms with Crippen molar-refractivity contribution in [3.05, 3.63) is 56.7 Å². The molecule has 0 fully saturated rings. The SMILES string of the molecule is Cc1sc2nc(CSC(C)C(=O)Nc3ccccc3F)[nH]c(=O)c2c1C. The third-order valence-corrected chi connectivity index (χ3v) is 6.31. The molecule has 8 heteroatoms. The number of thiophene rings is 1. The Bertz CT molecular complexity index is 1030. The summed E-state index contributed by atoms with van der Waals surface area (Å²) in [7, 11) is 0. The highest BCUT2D eigenvalue weighted by atomic mass is 32.2. The normalized spacial score (nSPS) is 12.3. The number of benzene rings is 1. The molecular formula is C18H18FN3O2S2. The zero-order valence-corrected chi connectivity index (χ0v) is 16.2. The van der Waals surface area contributed by atoms with Gasteiger partial charge in [0.05, 0.1) is 22.1 Å². The van der Waals surface area contributed by atoms with Gasteiger partial charge in [-0.3, -0.25) is 9.59 Å². The van der Waals surface area contributed by atoms with Gasteiger partial charge >= 0.3 is 0 Å². The van der Waals surface area contributed by atoms with E-state index in [0.717, 1.165) is 10.4 Å². The molecule has 5 nitrogen and oxygen atoms in total. The summed E-state index contributed by atoms with van der Waals surface area (Å²) in [5, 5.41) is 2.78. The number of anilines is 1. The van der Waals surface area contributed by atoms with Crippen molar-refractivity contribution in [2.24, 2.45) is 0 Å². The second-order valence-corrected chi connectivity index (χ2v) is 8.43. The lowest BCUT2D eigenvalue weighted by Gasteiger charge is -2.12. The average Bonchev–Trinajstić information content (AvgIpc) is 2.89. The average molecular weight is 391 g/mol. The molecule has 0 aliphatic rings. The van der Waals surface area contributed by atoms with Crippen LogP contribution in [0.15, 0.2) is 29.1 Å². The lowest BCUT2D eigenvalue weighted by molar-refractivity contribution is -0.115. The highest BCUT2D eigenvalue weighted by Crippen LogP contribution is 2.26. The first-order valence-corrected chi connectivity index (χ1v) is 9.89. The predicted octanol–water partition coefficient (Wildman–Crippen LogP) is 4.00. The Hall–Kier alpha value is -2.19. The molecule has 136 valence electrons. The molecule has 3 aromatic rings. The zero-order chi connectivity index (χ0) is 18.8. The van der Waals surface area contributed by atoms with E-state index in [9.17, 15) is 14.0 Å². The Morgan fingerprint density at radius 3 is 2.85 bits per heavy atom. The maximum Gasteiger partial charge on any atom is 0.259 e. The number of hydrogen-bond donors (Lipinski definition) is 2. The molecule has 0 saturated carbocycles. The van der Waals surface area contributed by atoms with Crippen molar-refractivity contribution in [2.45, 2.75) is 31.8 Å². The van der Waals surface area contributed by atoms with Gasteiger partial charge < -0.3 is 10.3 Å². The van der Waals surface area contributed by atoms with E-state index in [0.29, 0.717) is 21.8 Å². The topological polar surface area (TPSA) is 74.8 Å². The van der Waals surface area contributed by atoms with Crippen LogP contribution in [-0.2, 0) is 10.5 Å². The van der Waals surface area contributed by atoms with Gasteiger partial charge in [0.2, 0.25) is 5.91 Å². The Balaban J connectivity index is 1.68. The lowest BCUT2D eigenvalue weighted by Crippen LogP contribution is -2.23. The predicted molar refractivity (Wildman–Crippen MR) is 106 cm³/mol. The van der Waals surface area contributed by atoms with Crippen LogP contribution in [0.25, 0.3) is 10.2 Å². The third kappa shape index (κ3) is 3.81. The first-order chi connectivity index (χ1) is 12.4. The van der Waals surface area contributed by atoms with Crippen LogP contribution in [0.5, 0.6) is 0 Å². The number of aromatic amines is 1. The molecule has 1 amide bonds. The summed E-state index contributed by atoms with van der Waals surface area (Å²) in [4.78, 5) is 33.6. The van der Waals surface area contributed by atoms with Crippen LogP contribution in [0.2, 0.25) is 0 Å². The van der Waals surface area contributed by atoms with Crippen molar-refractivity contribution >= 4 is 44.9 Å². The van der Waals surface area contributed by atoms with E-state index in [1.807, 2.05) is 13.8 Å². The number of carbonyl (C=O) groups excluding carboxylic acids is 1. The van der Waals surface area contributed by atoms with Crippen LogP contribution in [0, 0.1) is 19.7 Å². The summed E-state index contributed by atoms with van der Waals surface area (Å²) >= 11 is 2.82. The number of hydrogen-bond acceptors (Lipinski definition) is 5. The largest absolute Gasteiger partial charge is 0.323 e. The number of rotatable bonds is 5. The van der Waals surface area contributed by atoms with Crippen molar-refractivity contribution in [1.29, 1.82) is 0 Å². The number of carbonyl (C=O) groups is 1. The van der Waals surface area contributed by atoms with Gasteiger partial charge in [0.1, 0.15) is 16.5 Å². The Morgan fingerprint density at radius 2 is 2.12 bits per heavy atom. The molecule has 0 aliphatic heterocycles. The van der Waals surface area contributed by atoms with Gasteiger partial charge in [-0.25, -0.2) is 9.37 Å². The lowest BCUT2D eigenvalue weighted by atomic mass is 10.2. The van der Waals surface area contributed by atoms with Gasteiger partial charge in [-0.15, -0.1) is 23.1 Å². The monoisotopic (exact) mass is 391 g/mol. The van der Waals surface area contributed by atoms with E-state index in [2.05, 4.69) is 15.3 Å². The van der Waals surface area contributed by atoms with Crippen molar-refractivity contribution in [3.8, 4) is 0 Å². The molecule has 1 atom stereocenters. The number of amides is 1. The fourth-order valence-electron chi connectivity index (χ4n) is 2.44. The summed E-state index contributed by atoms with van der Waals surface area (Å²) in [5.74, 6) is 0.135. The van der Waals surface area contributed by atoms with Gasteiger partial charge in [0.25, 0.3) is 5.56 Å². The third-order valence-electron chi connectivity index (χ3n) is 4.06. The number of nitrogens with zero attached hydrogens (tertiary/aromatic N) is 1. The Morgan fingerprint density at radius 1 is 1.38 bits per heavy atom. The second-order valence-electron chi connectivity index (χ2n) is 5.90. The molecule has 0 bridgehead atoms. The minimum absolute atomic E-state index is 0.155. The molecule has 1 aromatic carbocycles. The summed E-state index contributed by atoms with van der Waals surface area (Å²) in [6.45, 7) is 5.61. The molecule has 2 N–H and O–H groups in total. The molecule has 0 spiro atoms. The molecule has 2 heterocycles. The van der Waals surface area contributed by atoms with Crippen LogP contribution in [0.4, 0.5) is 10.1 Å². The number of aryl methyl sites for hydroxylation is 2.